The average molecular weight is 240 g/mol. The lowest BCUT2D eigenvalue weighted by Crippen LogP contribution is -2.32. The minimum atomic E-state index is -4.48. The zero-order valence-electron chi connectivity index (χ0n) is 8.25. The molecule has 0 amide bonds. The van der Waals surface area contributed by atoms with E-state index < -0.39 is 12.0 Å². The zero-order chi connectivity index (χ0) is 11.6. The first kappa shape index (κ1) is 12.2. The molecule has 1 rings (SSSR count). The molecule has 0 saturated carbocycles. The molecule has 0 aliphatic heterocycles. The van der Waals surface area contributed by atoms with Crippen molar-refractivity contribution in [2.45, 2.75) is 19.1 Å². The van der Waals surface area contributed by atoms with Gasteiger partial charge in [-0.1, -0.05) is 0 Å². The topological polar surface area (TPSA) is 55.0 Å². The van der Waals surface area contributed by atoms with Gasteiger partial charge in [-0.2, -0.15) is 22.5 Å². The summed E-state index contributed by atoms with van der Waals surface area (Å²) in [6.07, 6.45) is -4.48. The Balaban J connectivity index is 2.76. The van der Waals surface area contributed by atoms with Crippen LogP contribution in [0.3, 0.4) is 0 Å². The Kier molecular flexibility index (Phi) is 3.50. The van der Waals surface area contributed by atoms with Gasteiger partial charge in [-0.25, -0.2) is 0 Å². The van der Waals surface area contributed by atoms with Crippen molar-refractivity contribution in [3.8, 4) is 0 Å². The summed E-state index contributed by atoms with van der Waals surface area (Å²) >= 11 is 0.716. The highest BCUT2D eigenvalue weighted by Crippen LogP contribution is 2.29. The molecule has 0 saturated heterocycles. The number of hydrogen-bond acceptors (Lipinski definition) is 5. The van der Waals surface area contributed by atoms with Crippen molar-refractivity contribution >= 4 is 16.7 Å². The summed E-state index contributed by atoms with van der Waals surface area (Å²) in [5.41, 5.74) is 5.52. The van der Waals surface area contributed by atoms with E-state index in [0.717, 1.165) is 0 Å². The molecule has 2 N–H and O–H groups in total. The maximum absolute atomic E-state index is 12.2. The number of aromatic nitrogens is 2. The molecule has 0 bridgehead atoms. The fourth-order valence-electron chi connectivity index (χ4n) is 0.996. The number of nitrogens with two attached hydrogens (primary N) is 1. The van der Waals surface area contributed by atoms with E-state index in [9.17, 15) is 13.2 Å². The Labute approximate surface area is 89.1 Å². The summed E-state index contributed by atoms with van der Waals surface area (Å²) in [7, 11) is 1.63. The van der Waals surface area contributed by atoms with E-state index in [1.54, 1.807) is 18.9 Å². The van der Waals surface area contributed by atoms with Crippen LogP contribution >= 0.6 is 11.5 Å². The second kappa shape index (κ2) is 4.31. The van der Waals surface area contributed by atoms with E-state index in [1.807, 2.05) is 0 Å². The number of hydrogen-bond donors (Lipinski definition) is 1. The molecule has 15 heavy (non-hydrogen) atoms. The number of halogens is 3. The minimum absolute atomic E-state index is 0.131. The highest BCUT2D eigenvalue weighted by Gasteiger charge is 2.36. The molecule has 1 aromatic rings. The van der Waals surface area contributed by atoms with Gasteiger partial charge in [0.1, 0.15) is 0 Å². The largest absolute Gasteiger partial charge is 0.452 e. The molecule has 0 fully saturated rings. The van der Waals surface area contributed by atoms with Gasteiger partial charge >= 0.3 is 6.18 Å². The van der Waals surface area contributed by atoms with Crippen LogP contribution in [0.4, 0.5) is 18.3 Å². The van der Waals surface area contributed by atoms with Crippen molar-refractivity contribution in [1.29, 1.82) is 0 Å². The van der Waals surface area contributed by atoms with Gasteiger partial charge in [0.2, 0.25) is 11.0 Å². The van der Waals surface area contributed by atoms with Crippen molar-refractivity contribution in [3.63, 3.8) is 0 Å². The van der Waals surface area contributed by atoms with Crippen molar-refractivity contribution in [3.05, 3.63) is 5.82 Å². The third-order valence-electron chi connectivity index (χ3n) is 1.56. The number of anilines is 1. The molecule has 0 aliphatic rings. The maximum Gasteiger partial charge on any atom is 0.452 e. The Bertz CT molecular complexity index is 322. The molecule has 0 spiro atoms. The molecule has 1 unspecified atom stereocenters. The zero-order valence-corrected chi connectivity index (χ0v) is 9.06. The van der Waals surface area contributed by atoms with Crippen molar-refractivity contribution in [2.24, 2.45) is 5.73 Å². The first-order chi connectivity index (χ1) is 6.80. The predicted molar refractivity (Wildman–Crippen MR) is 51.8 cm³/mol. The Morgan fingerprint density at radius 2 is 2.13 bits per heavy atom. The smallest absolute Gasteiger partial charge is 0.348 e. The number of alkyl halides is 3. The molecule has 0 aromatic carbocycles. The molecule has 86 valence electrons. The highest BCUT2D eigenvalue weighted by atomic mass is 32.1. The van der Waals surface area contributed by atoms with E-state index >= 15 is 0 Å². The van der Waals surface area contributed by atoms with Gasteiger partial charge < -0.3 is 10.6 Å². The van der Waals surface area contributed by atoms with Crippen LogP contribution in [0.25, 0.3) is 0 Å². The van der Waals surface area contributed by atoms with Crippen molar-refractivity contribution in [2.75, 3.05) is 18.5 Å². The molecule has 0 aliphatic carbocycles. The predicted octanol–water partition coefficient (Wildman–Crippen LogP) is 1.34. The second-order valence-corrected chi connectivity index (χ2v) is 3.99. The van der Waals surface area contributed by atoms with Crippen molar-refractivity contribution < 1.29 is 13.2 Å². The van der Waals surface area contributed by atoms with Gasteiger partial charge in [0.25, 0.3) is 0 Å². The van der Waals surface area contributed by atoms with Crippen LogP contribution in [0.5, 0.6) is 0 Å². The fourth-order valence-corrected chi connectivity index (χ4v) is 1.65. The molecular weight excluding hydrogens is 229 g/mol. The van der Waals surface area contributed by atoms with Crippen LogP contribution in [-0.2, 0) is 6.18 Å². The molecule has 1 heterocycles. The summed E-state index contributed by atoms with van der Waals surface area (Å²) in [6, 6.07) is -0.131. The van der Waals surface area contributed by atoms with E-state index in [-0.39, 0.29) is 11.2 Å². The van der Waals surface area contributed by atoms with Gasteiger partial charge in [-0.3, -0.25) is 0 Å². The van der Waals surface area contributed by atoms with E-state index in [0.29, 0.717) is 18.1 Å². The number of rotatable bonds is 3. The Hall–Kier alpha value is -0.890. The summed E-state index contributed by atoms with van der Waals surface area (Å²) in [4.78, 5) is 4.94. The van der Waals surface area contributed by atoms with Gasteiger partial charge in [0, 0.05) is 31.2 Å². The lowest BCUT2D eigenvalue weighted by Gasteiger charge is -2.17. The third kappa shape index (κ3) is 3.31. The maximum atomic E-state index is 12.2. The summed E-state index contributed by atoms with van der Waals surface area (Å²) in [5.74, 6) is -1.10. The SMILES string of the molecule is CC(N)CN(C)c1nc(C(F)(F)F)ns1. The lowest BCUT2D eigenvalue weighted by atomic mass is 10.3. The Morgan fingerprint density at radius 1 is 1.53 bits per heavy atom. The summed E-state index contributed by atoms with van der Waals surface area (Å²) < 4.78 is 39.7. The highest BCUT2D eigenvalue weighted by molar-refractivity contribution is 7.09. The molecule has 1 aromatic heterocycles. The minimum Gasteiger partial charge on any atom is -0.348 e. The van der Waals surface area contributed by atoms with Crippen LogP contribution < -0.4 is 10.6 Å². The lowest BCUT2D eigenvalue weighted by molar-refractivity contribution is -0.144. The molecule has 8 heteroatoms. The normalized spacial score (nSPS) is 14.0. The van der Waals surface area contributed by atoms with Crippen LogP contribution in [0.2, 0.25) is 0 Å². The second-order valence-electron chi connectivity index (χ2n) is 3.26. The van der Waals surface area contributed by atoms with Gasteiger partial charge in [0.05, 0.1) is 0 Å². The summed E-state index contributed by atoms with van der Waals surface area (Å²) in [5, 5.41) is 0.222. The molecule has 0 radical (unpaired) electrons. The number of likely N-dealkylation sites (N-methyl/N-ethyl adjacent to an activating group) is 1. The quantitative estimate of drug-likeness (QED) is 0.866. The van der Waals surface area contributed by atoms with Crippen LogP contribution in [0.15, 0.2) is 0 Å². The molecule has 1 atom stereocenters. The van der Waals surface area contributed by atoms with Crippen molar-refractivity contribution in [1.82, 2.24) is 9.36 Å². The average Bonchev–Trinajstić information content (AvgIpc) is 2.48. The van der Waals surface area contributed by atoms with Crippen LogP contribution in [0.1, 0.15) is 12.7 Å². The summed E-state index contributed by atoms with van der Waals surface area (Å²) in [6.45, 7) is 2.20. The van der Waals surface area contributed by atoms with E-state index in [2.05, 4.69) is 9.36 Å². The van der Waals surface area contributed by atoms with Crippen LogP contribution in [0, 0.1) is 0 Å². The van der Waals surface area contributed by atoms with Gasteiger partial charge in [0.15, 0.2) is 0 Å². The Morgan fingerprint density at radius 3 is 2.53 bits per heavy atom. The first-order valence-electron chi connectivity index (χ1n) is 4.18. The van der Waals surface area contributed by atoms with E-state index in [1.165, 1.54) is 0 Å². The van der Waals surface area contributed by atoms with Gasteiger partial charge in [-0.15, -0.1) is 0 Å². The molecular formula is C7H11F3N4S. The number of nitrogens with zero attached hydrogens (tertiary/aromatic N) is 3. The third-order valence-corrected chi connectivity index (χ3v) is 2.39. The fraction of sp³-hybridized carbons (Fsp3) is 0.714. The van der Waals surface area contributed by atoms with E-state index in [4.69, 9.17) is 5.73 Å². The molecule has 4 nitrogen and oxygen atoms in total. The standard InChI is InChI=1S/C7H11F3N4S/c1-4(11)3-14(2)6-12-5(13-15-6)7(8,9)10/h4H,3,11H2,1-2H3. The first-order valence-corrected chi connectivity index (χ1v) is 4.95. The van der Waals surface area contributed by atoms with Crippen LogP contribution in [-0.4, -0.2) is 29.0 Å². The monoisotopic (exact) mass is 240 g/mol. The van der Waals surface area contributed by atoms with Gasteiger partial charge in [-0.05, 0) is 6.92 Å².